The molecular formula is C17H22N2O4. The Kier molecular flexibility index (Phi) is 3.93. The number of likely N-dealkylation sites (N-methyl/N-ethyl adjacent to an activating group) is 1. The van der Waals surface area contributed by atoms with Gasteiger partial charge in [-0.15, -0.1) is 0 Å². The van der Waals surface area contributed by atoms with E-state index in [4.69, 9.17) is 9.47 Å². The first-order valence-corrected chi connectivity index (χ1v) is 7.71. The first-order valence-electron chi connectivity index (χ1n) is 7.71. The third kappa shape index (κ3) is 2.43. The normalized spacial score (nSPS) is 23.5. The summed E-state index contributed by atoms with van der Waals surface area (Å²) in [5, 5.41) is 10.7. The number of benzene rings is 1. The summed E-state index contributed by atoms with van der Waals surface area (Å²) in [7, 11) is 3.33. The van der Waals surface area contributed by atoms with Gasteiger partial charge >= 0.3 is 0 Å². The number of carbonyl (C=O) groups excluding carboxylic acids is 1. The number of aliphatic hydroxyl groups excluding tert-OH is 1. The maximum Gasteiger partial charge on any atom is 0.256 e. The fourth-order valence-corrected chi connectivity index (χ4v) is 3.31. The third-order valence-electron chi connectivity index (χ3n) is 4.49. The highest BCUT2D eigenvalue weighted by atomic mass is 16.5. The van der Waals surface area contributed by atoms with Crippen LogP contribution in [0.1, 0.15) is 23.7 Å². The molecule has 0 radical (unpaired) electrons. The molecule has 2 aliphatic rings. The first-order chi connectivity index (χ1) is 11.0. The van der Waals surface area contributed by atoms with Gasteiger partial charge in [0.2, 0.25) is 0 Å². The summed E-state index contributed by atoms with van der Waals surface area (Å²) in [6.07, 6.45) is -0.178. The van der Waals surface area contributed by atoms with Crippen LogP contribution in [-0.4, -0.2) is 55.5 Å². The van der Waals surface area contributed by atoms with E-state index in [-0.39, 0.29) is 11.9 Å². The number of carbonyl (C=O) groups is 1. The van der Waals surface area contributed by atoms with E-state index >= 15 is 0 Å². The van der Waals surface area contributed by atoms with Crippen molar-refractivity contribution in [1.82, 2.24) is 4.90 Å². The number of nitrogens with zero attached hydrogens (tertiary/aromatic N) is 2. The van der Waals surface area contributed by atoms with Crippen LogP contribution in [0.4, 0.5) is 5.69 Å². The quantitative estimate of drug-likeness (QED) is 0.858. The highest BCUT2D eigenvalue weighted by molar-refractivity contribution is 6.02. The lowest BCUT2D eigenvalue weighted by Gasteiger charge is -2.30. The second kappa shape index (κ2) is 5.77. The summed E-state index contributed by atoms with van der Waals surface area (Å²) in [5.41, 5.74) is 2.10. The van der Waals surface area contributed by atoms with E-state index in [1.165, 1.54) is 0 Å². The minimum absolute atomic E-state index is 0.117. The number of fused-ring (bicyclic) bond motifs is 2. The Balaban J connectivity index is 2.14. The lowest BCUT2D eigenvalue weighted by Crippen LogP contribution is -2.47. The molecule has 23 heavy (non-hydrogen) atoms. The van der Waals surface area contributed by atoms with Crippen molar-refractivity contribution >= 4 is 11.6 Å². The molecule has 0 bridgehead atoms. The van der Waals surface area contributed by atoms with Crippen molar-refractivity contribution in [2.24, 2.45) is 0 Å². The van der Waals surface area contributed by atoms with Crippen molar-refractivity contribution < 1.29 is 19.4 Å². The van der Waals surface area contributed by atoms with Crippen molar-refractivity contribution in [2.75, 3.05) is 32.2 Å². The molecule has 124 valence electrons. The summed E-state index contributed by atoms with van der Waals surface area (Å²) < 4.78 is 10.9. The fraction of sp³-hybridized carbons (Fsp3) is 0.471. The zero-order valence-corrected chi connectivity index (χ0v) is 13.7. The van der Waals surface area contributed by atoms with Gasteiger partial charge in [-0.25, -0.2) is 0 Å². The van der Waals surface area contributed by atoms with Crippen molar-refractivity contribution in [3.63, 3.8) is 0 Å². The molecule has 1 N–H and O–H groups in total. The smallest absolute Gasteiger partial charge is 0.256 e. The minimum atomic E-state index is -0.790. The zero-order chi connectivity index (χ0) is 16.7. The first kappa shape index (κ1) is 15.7. The molecule has 1 saturated heterocycles. The SMILES string of the molecule is C=C1C[C@H]2[C@H](O)N(C)c3cc(OCC)c(OC)cc3C(=O)N2C1. The van der Waals surface area contributed by atoms with Crippen molar-refractivity contribution in [1.29, 1.82) is 0 Å². The van der Waals surface area contributed by atoms with Gasteiger partial charge in [0.25, 0.3) is 5.91 Å². The average molecular weight is 318 g/mol. The lowest BCUT2D eigenvalue weighted by molar-refractivity contribution is 0.0527. The molecule has 2 heterocycles. The summed E-state index contributed by atoms with van der Waals surface area (Å²) in [5.74, 6) is 0.957. The summed E-state index contributed by atoms with van der Waals surface area (Å²) >= 11 is 0. The molecule has 1 aromatic carbocycles. The second-order valence-corrected chi connectivity index (χ2v) is 5.93. The molecule has 2 atom stereocenters. The molecule has 2 aliphatic heterocycles. The summed E-state index contributed by atoms with van der Waals surface area (Å²) in [6, 6.07) is 3.17. The van der Waals surface area contributed by atoms with E-state index in [0.717, 1.165) is 5.57 Å². The number of aliphatic hydroxyl groups is 1. The Morgan fingerprint density at radius 2 is 2.13 bits per heavy atom. The topological polar surface area (TPSA) is 62.2 Å². The van der Waals surface area contributed by atoms with Gasteiger partial charge in [0.15, 0.2) is 11.5 Å². The molecular weight excluding hydrogens is 296 g/mol. The standard InChI is InChI=1S/C17H22N2O4/c1-5-23-15-8-12-11(7-14(15)22-4)16(20)19-9-10(2)6-13(19)17(21)18(12)3/h7-8,13,17,21H,2,5-6,9H2,1,3-4H3/t13-,17-/m0/s1. The van der Waals surface area contributed by atoms with Crippen LogP contribution in [0.5, 0.6) is 11.5 Å². The van der Waals surface area contributed by atoms with Gasteiger partial charge in [0.05, 0.1) is 31.0 Å². The van der Waals surface area contributed by atoms with Crippen LogP contribution in [0.15, 0.2) is 24.3 Å². The monoisotopic (exact) mass is 318 g/mol. The number of methoxy groups -OCH3 is 1. The Morgan fingerprint density at radius 3 is 2.78 bits per heavy atom. The largest absolute Gasteiger partial charge is 0.493 e. The van der Waals surface area contributed by atoms with Crippen LogP contribution in [-0.2, 0) is 0 Å². The number of amides is 1. The predicted octanol–water partition coefficient (Wildman–Crippen LogP) is 1.63. The maximum atomic E-state index is 12.9. The van der Waals surface area contributed by atoms with Crippen molar-refractivity contribution in [2.45, 2.75) is 25.6 Å². The molecule has 3 rings (SSSR count). The highest BCUT2D eigenvalue weighted by Gasteiger charge is 2.42. The number of hydrogen-bond acceptors (Lipinski definition) is 5. The number of hydrogen-bond donors (Lipinski definition) is 1. The van der Waals surface area contributed by atoms with Gasteiger partial charge in [-0.2, -0.15) is 0 Å². The number of ether oxygens (including phenoxy) is 2. The van der Waals surface area contributed by atoms with E-state index in [2.05, 4.69) is 6.58 Å². The van der Waals surface area contributed by atoms with Crippen molar-refractivity contribution in [3.05, 3.63) is 29.8 Å². The predicted molar refractivity (Wildman–Crippen MR) is 87.2 cm³/mol. The van der Waals surface area contributed by atoms with Gasteiger partial charge in [-0.05, 0) is 19.4 Å². The van der Waals surface area contributed by atoms with E-state index < -0.39 is 6.23 Å². The third-order valence-corrected chi connectivity index (χ3v) is 4.49. The molecule has 0 aliphatic carbocycles. The van der Waals surface area contributed by atoms with Crippen molar-refractivity contribution in [3.8, 4) is 11.5 Å². The van der Waals surface area contributed by atoms with E-state index in [9.17, 15) is 9.90 Å². The van der Waals surface area contributed by atoms with E-state index in [1.54, 1.807) is 36.1 Å². The highest BCUT2D eigenvalue weighted by Crippen LogP contribution is 2.40. The van der Waals surface area contributed by atoms with Crippen LogP contribution in [0, 0.1) is 0 Å². The summed E-state index contributed by atoms with van der Waals surface area (Å²) in [6.45, 7) is 6.81. The summed E-state index contributed by atoms with van der Waals surface area (Å²) in [4.78, 5) is 16.4. The lowest BCUT2D eigenvalue weighted by atomic mass is 10.1. The van der Waals surface area contributed by atoms with Gasteiger partial charge in [0.1, 0.15) is 6.23 Å². The Hall–Kier alpha value is -2.21. The van der Waals surface area contributed by atoms with Gasteiger partial charge < -0.3 is 24.4 Å². The van der Waals surface area contributed by atoms with E-state index in [0.29, 0.717) is 42.3 Å². The Labute approximate surface area is 135 Å². The van der Waals surface area contributed by atoms with Gasteiger partial charge in [-0.1, -0.05) is 12.2 Å². The van der Waals surface area contributed by atoms with Crippen LogP contribution in [0.25, 0.3) is 0 Å². The average Bonchev–Trinajstić information content (AvgIpc) is 2.91. The molecule has 6 heteroatoms. The molecule has 0 saturated carbocycles. The molecule has 1 aromatic rings. The van der Waals surface area contributed by atoms with Crippen LogP contribution >= 0.6 is 0 Å². The van der Waals surface area contributed by atoms with Crippen LogP contribution < -0.4 is 14.4 Å². The Morgan fingerprint density at radius 1 is 1.39 bits per heavy atom. The molecule has 6 nitrogen and oxygen atoms in total. The van der Waals surface area contributed by atoms with Gasteiger partial charge in [0, 0.05) is 19.7 Å². The molecule has 0 unspecified atom stereocenters. The van der Waals surface area contributed by atoms with Gasteiger partial charge in [-0.3, -0.25) is 4.79 Å². The number of rotatable bonds is 3. The molecule has 0 spiro atoms. The van der Waals surface area contributed by atoms with E-state index in [1.807, 2.05) is 6.92 Å². The minimum Gasteiger partial charge on any atom is -0.493 e. The molecule has 1 amide bonds. The molecule has 1 fully saturated rings. The zero-order valence-electron chi connectivity index (χ0n) is 13.7. The van der Waals surface area contributed by atoms with Crippen LogP contribution in [0.3, 0.4) is 0 Å². The molecule has 0 aromatic heterocycles. The Bertz CT molecular complexity index is 658. The maximum absolute atomic E-state index is 12.9. The second-order valence-electron chi connectivity index (χ2n) is 5.93. The number of anilines is 1. The fourth-order valence-electron chi connectivity index (χ4n) is 3.31. The van der Waals surface area contributed by atoms with Crippen LogP contribution in [0.2, 0.25) is 0 Å².